The molecule has 1 aliphatic heterocycles. The molecule has 0 bridgehead atoms. The van der Waals surface area contributed by atoms with Crippen molar-refractivity contribution in [1.82, 2.24) is 0 Å². The van der Waals surface area contributed by atoms with E-state index in [1.165, 1.54) is 55.6 Å². The monoisotopic (exact) mass is 260 g/mol. The summed E-state index contributed by atoms with van der Waals surface area (Å²) in [5.74, 6) is 0. The number of rotatable bonds is 6. The van der Waals surface area contributed by atoms with Crippen LogP contribution in [0.25, 0.3) is 0 Å². The number of nitrogens with one attached hydrogen (secondary N) is 1. The highest BCUT2D eigenvalue weighted by Crippen LogP contribution is 2.28. The van der Waals surface area contributed by atoms with Gasteiger partial charge in [-0.3, -0.25) is 0 Å². The number of benzene rings is 1. The third-order valence-electron chi connectivity index (χ3n) is 3.99. The van der Waals surface area contributed by atoms with Gasteiger partial charge in [-0.2, -0.15) is 0 Å². The zero-order chi connectivity index (χ0) is 13.7. The van der Waals surface area contributed by atoms with Crippen molar-refractivity contribution in [3.8, 4) is 0 Å². The number of unbranched alkanes of at least 4 members (excludes halogenated alkanes) is 2. The average Bonchev–Trinajstić information content (AvgIpc) is 2.43. The van der Waals surface area contributed by atoms with E-state index in [0.717, 1.165) is 6.54 Å². The molecule has 19 heavy (non-hydrogen) atoms. The number of hydrogen-bond donors (Lipinski definition) is 1. The fraction of sp³-hybridized carbons (Fsp3) is 0.647. The van der Waals surface area contributed by atoms with Gasteiger partial charge in [0.25, 0.3) is 0 Å². The smallest absolute Gasteiger partial charge is 0.0393 e. The van der Waals surface area contributed by atoms with Gasteiger partial charge in [0, 0.05) is 30.5 Å². The maximum Gasteiger partial charge on any atom is 0.0393 e. The van der Waals surface area contributed by atoms with E-state index in [1.54, 1.807) is 0 Å². The molecule has 2 rings (SSSR count). The molecule has 1 aliphatic rings. The largest absolute Gasteiger partial charge is 0.385 e. The van der Waals surface area contributed by atoms with Gasteiger partial charge in [-0.15, -0.1) is 0 Å². The second-order valence-corrected chi connectivity index (χ2v) is 5.87. The Morgan fingerprint density at radius 1 is 1.26 bits per heavy atom. The van der Waals surface area contributed by atoms with Gasteiger partial charge in [0.1, 0.15) is 0 Å². The summed E-state index contributed by atoms with van der Waals surface area (Å²) >= 11 is 0. The van der Waals surface area contributed by atoms with Crippen LogP contribution in [0.1, 0.15) is 52.0 Å². The lowest BCUT2D eigenvalue weighted by Gasteiger charge is -2.30. The van der Waals surface area contributed by atoms with E-state index in [0.29, 0.717) is 6.04 Å². The standard InChI is InChI=1S/C17H28N2/c1-4-5-6-12-19(14(2)3)16-10-9-15-8-7-11-18-17(15)13-16/h9-10,13-14,18H,4-8,11-12H2,1-3H3. The number of hydrogen-bond acceptors (Lipinski definition) is 2. The van der Waals surface area contributed by atoms with E-state index < -0.39 is 0 Å². The molecule has 0 amide bonds. The second kappa shape index (κ2) is 6.83. The van der Waals surface area contributed by atoms with E-state index in [2.05, 4.69) is 49.2 Å². The Kier molecular flexibility index (Phi) is 5.12. The predicted molar refractivity (Wildman–Crippen MR) is 85.3 cm³/mol. The first-order valence-corrected chi connectivity index (χ1v) is 7.85. The number of aryl methyl sites for hydroxylation is 1. The Hall–Kier alpha value is -1.18. The van der Waals surface area contributed by atoms with Crippen LogP contribution in [0, 0.1) is 0 Å². The summed E-state index contributed by atoms with van der Waals surface area (Å²) in [4.78, 5) is 2.53. The van der Waals surface area contributed by atoms with Crippen molar-refractivity contribution < 1.29 is 0 Å². The minimum atomic E-state index is 0.568. The molecule has 0 fully saturated rings. The summed E-state index contributed by atoms with van der Waals surface area (Å²) in [6.07, 6.45) is 6.39. The third-order valence-corrected chi connectivity index (χ3v) is 3.99. The van der Waals surface area contributed by atoms with Crippen LogP contribution in [0.15, 0.2) is 18.2 Å². The van der Waals surface area contributed by atoms with Gasteiger partial charge >= 0.3 is 0 Å². The van der Waals surface area contributed by atoms with Crippen LogP contribution in [-0.2, 0) is 6.42 Å². The Morgan fingerprint density at radius 3 is 2.84 bits per heavy atom. The van der Waals surface area contributed by atoms with Gasteiger partial charge in [0.05, 0.1) is 0 Å². The highest BCUT2D eigenvalue weighted by molar-refractivity contribution is 5.63. The topological polar surface area (TPSA) is 15.3 Å². The minimum absolute atomic E-state index is 0.568. The van der Waals surface area contributed by atoms with Gasteiger partial charge < -0.3 is 10.2 Å². The zero-order valence-electron chi connectivity index (χ0n) is 12.7. The molecule has 0 radical (unpaired) electrons. The average molecular weight is 260 g/mol. The van der Waals surface area contributed by atoms with Crippen molar-refractivity contribution in [2.24, 2.45) is 0 Å². The van der Waals surface area contributed by atoms with E-state index in [1.807, 2.05) is 0 Å². The van der Waals surface area contributed by atoms with Crippen molar-refractivity contribution >= 4 is 11.4 Å². The van der Waals surface area contributed by atoms with E-state index in [9.17, 15) is 0 Å². The van der Waals surface area contributed by atoms with Crippen molar-refractivity contribution in [3.05, 3.63) is 23.8 Å². The lowest BCUT2D eigenvalue weighted by Crippen LogP contribution is -2.32. The van der Waals surface area contributed by atoms with Crippen LogP contribution in [0.3, 0.4) is 0 Å². The van der Waals surface area contributed by atoms with Crippen molar-refractivity contribution in [1.29, 1.82) is 0 Å². The normalized spacial score (nSPS) is 14.1. The lowest BCUT2D eigenvalue weighted by molar-refractivity contribution is 0.626. The highest BCUT2D eigenvalue weighted by atomic mass is 15.1. The fourth-order valence-corrected chi connectivity index (χ4v) is 2.85. The zero-order valence-corrected chi connectivity index (χ0v) is 12.7. The van der Waals surface area contributed by atoms with Crippen LogP contribution >= 0.6 is 0 Å². The molecule has 0 aromatic heterocycles. The molecule has 2 nitrogen and oxygen atoms in total. The van der Waals surface area contributed by atoms with Crippen LogP contribution in [0.5, 0.6) is 0 Å². The first kappa shape index (κ1) is 14.2. The molecule has 2 heteroatoms. The molecule has 1 heterocycles. The molecule has 0 saturated carbocycles. The number of fused-ring (bicyclic) bond motifs is 1. The second-order valence-electron chi connectivity index (χ2n) is 5.87. The third kappa shape index (κ3) is 3.65. The van der Waals surface area contributed by atoms with E-state index in [4.69, 9.17) is 0 Å². The van der Waals surface area contributed by atoms with E-state index in [-0.39, 0.29) is 0 Å². The molecule has 0 unspecified atom stereocenters. The molecule has 106 valence electrons. The maximum atomic E-state index is 3.54. The van der Waals surface area contributed by atoms with Crippen LogP contribution < -0.4 is 10.2 Å². The van der Waals surface area contributed by atoms with Gasteiger partial charge in [-0.1, -0.05) is 25.8 Å². The molecular weight excluding hydrogens is 232 g/mol. The summed E-state index contributed by atoms with van der Waals surface area (Å²) < 4.78 is 0. The minimum Gasteiger partial charge on any atom is -0.385 e. The summed E-state index contributed by atoms with van der Waals surface area (Å²) in [5.41, 5.74) is 4.21. The number of anilines is 2. The molecule has 1 aromatic rings. The van der Waals surface area contributed by atoms with Gasteiger partial charge in [-0.05, 0) is 50.8 Å². The SMILES string of the molecule is CCCCCN(c1ccc2c(c1)NCCC2)C(C)C. The van der Waals surface area contributed by atoms with Crippen LogP contribution in [0.2, 0.25) is 0 Å². The van der Waals surface area contributed by atoms with Crippen LogP contribution in [0.4, 0.5) is 11.4 Å². The van der Waals surface area contributed by atoms with Crippen LogP contribution in [-0.4, -0.2) is 19.1 Å². The van der Waals surface area contributed by atoms with Gasteiger partial charge in [0.2, 0.25) is 0 Å². The van der Waals surface area contributed by atoms with Gasteiger partial charge in [-0.25, -0.2) is 0 Å². The molecule has 0 saturated heterocycles. The molecule has 0 spiro atoms. The Morgan fingerprint density at radius 2 is 2.11 bits per heavy atom. The molecule has 1 aromatic carbocycles. The predicted octanol–water partition coefficient (Wildman–Crippen LogP) is 4.45. The maximum absolute atomic E-state index is 3.54. The summed E-state index contributed by atoms with van der Waals surface area (Å²) in [5, 5.41) is 3.54. The summed E-state index contributed by atoms with van der Waals surface area (Å²) in [7, 11) is 0. The first-order valence-electron chi connectivity index (χ1n) is 7.85. The summed E-state index contributed by atoms with van der Waals surface area (Å²) in [6, 6.07) is 7.53. The quantitative estimate of drug-likeness (QED) is 0.760. The van der Waals surface area contributed by atoms with Crippen molar-refractivity contribution in [3.63, 3.8) is 0 Å². The Balaban J connectivity index is 2.12. The van der Waals surface area contributed by atoms with Gasteiger partial charge in [0.15, 0.2) is 0 Å². The van der Waals surface area contributed by atoms with E-state index >= 15 is 0 Å². The molecule has 0 atom stereocenters. The highest BCUT2D eigenvalue weighted by Gasteiger charge is 2.14. The molecule has 1 N–H and O–H groups in total. The van der Waals surface area contributed by atoms with Crippen molar-refractivity contribution in [2.45, 2.75) is 58.9 Å². The molecular formula is C17H28N2. The number of nitrogens with zero attached hydrogens (tertiary/aromatic N) is 1. The Labute approximate surface area is 118 Å². The Bertz CT molecular complexity index is 398. The first-order chi connectivity index (χ1) is 9.22. The summed E-state index contributed by atoms with van der Waals surface area (Å²) in [6.45, 7) is 9.14. The molecule has 0 aliphatic carbocycles. The lowest BCUT2D eigenvalue weighted by atomic mass is 10.0. The fourth-order valence-electron chi connectivity index (χ4n) is 2.85. The van der Waals surface area contributed by atoms with Crippen molar-refractivity contribution in [2.75, 3.05) is 23.3 Å².